The normalized spacial score (nSPS) is 25.2. The van der Waals surface area contributed by atoms with Gasteiger partial charge in [0.15, 0.2) is 0 Å². The van der Waals surface area contributed by atoms with Crippen LogP contribution in [0.3, 0.4) is 0 Å². The van der Waals surface area contributed by atoms with Crippen molar-refractivity contribution in [3.8, 4) is 0 Å². The van der Waals surface area contributed by atoms with Gasteiger partial charge < -0.3 is 4.98 Å². The van der Waals surface area contributed by atoms with Gasteiger partial charge in [0, 0.05) is 11.9 Å². The Balaban J connectivity index is 2.05. The molecule has 2 aromatic rings. The van der Waals surface area contributed by atoms with Crippen LogP contribution in [0.15, 0.2) is 29.1 Å². The molecule has 1 aromatic heterocycles. The SMILES string of the molecule is O=c1[nH]c2ccccc2n1C1CCC(Cl)CN1. The van der Waals surface area contributed by atoms with Gasteiger partial charge in [0.1, 0.15) is 0 Å². The maximum atomic E-state index is 12.0. The molecule has 0 radical (unpaired) electrons. The Bertz CT molecular complexity index is 581. The van der Waals surface area contributed by atoms with Gasteiger partial charge in [-0.2, -0.15) is 0 Å². The average molecular weight is 252 g/mol. The minimum Gasteiger partial charge on any atom is -0.305 e. The summed E-state index contributed by atoms with van der Waals surface area (Å²) in [6.45, 7) is 0.748. The van der Waals surface area contributed by atoms with Gasteiger partial charge in [0.25, 0.3) is 0 Å². The highest BCUT2D eigenvalue weighted by Crippen LogP contribution is 2.22. The van der Waals surface area contributed by atoms with Gasteiger partial charge in [0.05, 0.1) is 17.2 Å². The van der Waals surface area contributed by atoms with Crippen molar-refractivity contribution in [2.45, 2.75) is 24.4 Å². The van der Waals surface area contributed by atoms with Crippen molar-refractivity contribution >= 4 is 22.6 Å². The van der Waals surface area contributed by atoms with E-state index in [-0.39, 0.29) is 17.2 Å². The zero-order chi connectivity index (χ0) is 11.8. The Morgan fingerprint density at radius 1 is 1.29 bits per heavy atom. The van der Waals surface area contributed by atoms with Gasteiger partial charge in [0.2, 0.25) is 0 Å². The van der Waals surface area contributed by atoms with Crippen LogP contribution in [0.1, 0.15) is 19.0 Å². The fourth-order valence-corrected chi connectivity index (χ4v) is 2.63. The molecule has 0 aliphatic carbocycles. The summed E-state index contributed by atoms with van der Waals surface area (Å²) >= 11 is 6.04. The molecule has 1 aliphatic rings. The summed E-state index contributed by atoms with van der Waals surface area (Å²) in [6.07, 6.45) is 1.87. The van der Waals surface area contributed by atoms with E-state index in [1.165, 1.54) is 0 Å². The van der Waals surface area contributed by atoms with Crippen molar-refractivity contribution < 1.29 is 0 Å². The Labute approximate surface area is 104 Å². The molecule has 5 heteroatoms. The third-order valence-electron chi connectivity index (χ3n) is 3.26. The number of fused-ring (bicyclic) bond motifs is 1. The molecule has 1 aromatic carbocycles. The van der Waals surface area contributed by atoms with E-state index in [2.05, 4.69) is 10.3 Å². The Hall–Kier alpha value is -1.26. The van der Waals surface area contributed by atoms with Gasteiger partial charge in [-0.3, -0.25) is 9.88 Å². The first-order valence-electron chi connectivity index (χ1n) is 5.82. The van der Waals surface area contributed by atoms with E-state index in [0.29, 0.717) is 0 Å². The Morgan fingerprint density at radius 3 is 2.88 bits per heavy atom. The second-order valence-electron chi connectivity index (χ2n) is 4.42. The Kier molecular flexibility index (Phi) is 2.68. The number of imidazole rings is 1. The molecular weight excluding hydrogens is 238 g/mol. The summed E-state index contributed by atoms with van der Waals surface area (Å²) in [5.41, 5.74) is 1.77. The van der Waals surface area contributed by atoms with Crippen molar-refractivity contribution in [2.24, 2.45) is 0 Å². The van der Waals surface area contributed by atoms with Crippen LogP contribution >= 0.6 is 11.6 Å². The molecule has 2 N–H and O–H groups in total. The number of aromatic nitrogens is 2. The number of halogens is 1. The van der Waals surface area contributed by atoms with E-state index in [0.717, 1.165) is 30.4 Å². The molecule has 4 nitrogen and oxygen atoms in total. The van der Waals surface area contributed by atoms with E-state index in [4.69, 9.17) is 11.6 Å². The first-order chi connectivity index (χ1) is 8.25. The van der Waals surface area contributed by atoms with Gasteiger partial charge in [-0.25, -0.2) is 4.79 Å². The smallest absolute Gasteiger partial charge is 0.305 e. The lowest BCUT2D eigenvalue weighted by Gasteiger charge is -2.27. The van der Waals surface area contributed by atoms with E-state index in [1.807, 2.05) is 24.3 Å². The van der Waals surface area contributed by atoms with Crippen LogP contribution in [0, 0.1) is 0 Å². The number of nitrogens with zero attached hydrogens (tertiary/aromatic N) is 1. The summed E-state index contributed by atoms with van der Waals surface area (Å²) in [6, 6.07) is 7.74. The third kappa shape index (κ3) is 1.87. The lowest BCUT2D eigenvalue weighted by Crippen LogP contribution is -2.40. The van der Waals surface area contributed by atoms with Crippen molar-refractivity contribution in [1.29, 1.82) is 0 Å². The van der Waals surface area contributed by atoms with Crippen LogP contribution in [0.5, 0.6) is 0 Å². The number of benzene rings is 1. The monoisotopic (exact) mass is 251 g/mol. The molecule has 1 aliphatic heterocycles. The van der Waals surface area contributed by atoms with Crippen LogP contribution < -0.4 is 11.0 Å². The van der Waals surface area contributed by atoms with Crippen LogP contribution in [0.4, 0.5) is 0 Å². The molecule has 2 heterocycles. The molecule has 90 valence electrons. The second kappa shape index (κ2) is 4.20. The number of alkyl halides is 1. The predicted octanol–water partition coefficient (Wildman–Crippen LogP) is 1.82. The number of rotatable bonds is 1. The van der Waals surface area contributed by atoms with Crippen LogP contribution in [-0.2, 0) is 0 Å². The molecule has 0 saturated carbocycles. The number of hydrogen-bond donors (Lipinski definition) is 2. The predicted molar refractivity (Wildman–Crippen MR) is 68.5 cm³/mol. The van der Waals surface area contributed by atoms with Crippen LogP contribution in [0.2, 0.25) is 0 Å². The van der Waals surface area contributed by atoms with Crippen molar-refractivity contribution in [3.63, 3.8) is 0 Å². The molecular formula is C12H14ClN3O. The number of para-hydroxylation sites is 2. The number of piperidine rings is 1. The van der Waals surface area contributed by atoms with E-state index in [9.17, 15) is 4.79 Å². The highest BCUT2D eigenvalue weighted by molar-refractivity contribution is 6.20. The lowest BCUT2D eigenvalue weighted by atomic mass is 10.1. The number of H-pyrrole nitrogens is 1. The fourth-order valence-electron chi connectivity index (χ4n) is 2.41. The van der Waals surface area contributed by atoms with Crippen molar-refractivity contribution in [2.75, 3.05) is 6.54 Å². The fraction of sp³-hybridized carbons (Fsp3) is 0.417. The Morgan fingerprint density at radius 2 is 2.12 bits per heavy atom. The minimum atomic E-state index is -0.0586. The minimum absolute atomic E-state index is 0.0497. The maximum absolute atomic E-state index is 12.0. The number of aromatic amines is 1. The zero-order valence-corrected chi connectivity index (χ0v) is 10.1. The first kappa shape index (κ1) is 10.9. The van der Waals surface area contributed by atoms with Crippen molar-refractivity contribution in [3.05, 3.63) is 34.7 Å². The highest BCUT2D eigenvalue weighted by atomic mass is 35.5. The largest absolute Gasteiger partial charge is 0.327 e. The molecule has 3 rings (SSSR count). The highest BCUT2D eigenvalue weighted by Gasteiger charge is 2.22. The quantitative estimate of drug-likeness (QED) is 0.760. The molecule has 0 amide bonds. The van der Waals surface area contributed by atoms with Gasteiger partial charge in [-0.05, 0) is 25.0 Å². The summed E-state index contributed by atoms with van der Waals surface area (Å²) < 4.78 is 1.79. The number of hydrogen-bond acceptors (Lipinski definition) is 2. The molecule has 2 unspecified atom stereocenters. The molecule has 1 saturated heterocycles. The third-order valence-corrected chi connectivity index (χ3v) is 3.64. The van der Waals surface area contributed by atoms with Gasteiger partial charge in [-0.15, -0.1) is 11.6 Å². The molecule has 2 atom stereocenters. The second-order valence-corrected chi connectivity index (χ2v) is 5.03. The van der Waals surface area contributed by atoms with Crippen LogP contribution in [0.25, 0.3) is 11.0 Å². The standard InChI is InChI=1S/C12H14ClN3O/c13-8-5-6-11(14-7-8)16-10-4-2-1-3-9(10)15-12(16)17/h1-4,8,11,14H,5-7H2,(H,15,17). The van der Waals surface area contributed by atoms with E-state index >= 15 is 0 Å². The first-order valence-corrected chi connectivity index (χ1v) is 6.26. The van der Waals surface area contributed by atoms with Gasteiger partial charge >= 0.3 is 5.69 Å². The van der Waals surface area contributed by atoms with E-state index < -0.39 is 0 Å². The summed E-state index contributed by atoms with van der Waals surface area (Å²) in [4.78, 5) is 14.8. The van der Waals surface area contributed by atoms with Crippen molar-refractivity contribution in [1.82, 2.24) is 14.9 Å². The molecule has 0 bridgehead atoms. The topological polar surface area (TPSA) is 49.8 Å². The van der Waals surface area contributed by atoms with E-state index in [1.54, 1.807) is 4.57 Å². The zero-order valence-electron chi connectivity index (χ0n) is 9.32. The molecule has 0 spiro atoms. The summed E-state index contributed by atoms with van der Waals surface area (Å²) in [5.74, 6) is 0. The van der Waals surface area contributed by atoms with Crippen LogP contribution in [-0.4, -0.2) is 21.5 Å². The summed E-state index contributed by atoms with van der Waals surface area (Å²) in [5, 5.41) is 3.49. The van der Waals surface area contributed by atoms with Gasteiger partial charge in [-0.1, -0.05) is 12.1 Å². The molecule has 17 heavy (non-hydrogen) atoms. The summed E-state index contributed by atoms with van der Waals surface area (Å²) in [7, 11) is 0. The average Bonchev–Trinajstić information content (AvgIpc) is 2.66. The lowest BCUT2D eigenvalue weighted by molar-refractivity contribution is 0.324. The molecule has 1 fully saturated rings. The number of nitrogens with one attached hydrogen (secondary N) is 2. The maximum Gasteiger partial charge on any atom is 0.327 e.